The molecule has 8 rings (SSSR count). The molecule has 3 saturated heterocycles. The zero-order valence-corrected chi connectivity index (χ0v) is 41.9. The molecule has 1 saturated carbocycles. The Morgan fingerprint density at radius 3 is 2.60 bits per heavy atom. The van der Waals surface area contributed by atoms with Gasteiger partial charge in [0, 0.05) is 91.8 Å². The smallest absolute Gasteiger partial charge is 0.324 e. The van der Waals surface area contributed by atoms with Crippen molar-refractivity contribution in [3.63, 3.8) is 0 Å². The van der Waals surface area contributed by atoms with E-state index in [1.165, 1.54) is 16.3 Å². The molecule has 15 nitrogen and oxygen atoms in total. The molecule has 16 heteroatoms. The molecular formula is C52H68N8O7S. The molecule has 6 heterocycles. The summed E-state index contributed by atoms with van der Waals surface area (Å²) in [4.78, 5) is 69.4. The van der Waals surface area contributed by atoms with Gasteiger partial charge in [-0.1, -0.05) is 38.5 Å². The molecule has 1 aromatic carbocycles. The van der Waals surface area contributed by atoms with Crippen molar-refractivity contribution in [3.05, 3.63) is 58.2 Å². The van der Waals surface area contributed by atoms with E-state index in [4.69, 9.17) is 24.2 Å². The fourth-order valence-electron chi connectivity index (χ4n) is 9.60. The molecule has 3 aromatic rings. The second-order valence-electron chi connectivity index (χ2n) is 20.3. The van der Waals surface area contributed by atoms with E-state index in [1.807, 2.05) is 39.2 Å². The number of amides is 3. The summed E-state index contributed by atoms with van der Waals surface area (Å²) in [6, 6.07) is 4.66. The van der Waals surface area contributed by atoms with Gasteiger partial charge >= 0.3 is 5.97 Å². The molecule has 0 spiro atoms. The van der Waals surface area contributed by atoms with Gasteiger partial charge in [0.05, 0.1) is 58.5 Å². The van der Waals surface area contributed by atoms with Gasteiger partial charge in [-0.05, 0) is 96.8 Å². The van der Waals surface area contributed by atoms with Crippen LogP contribution < -0.4 is 10.7 Å². The summed E-state index contributed by atoms with van der Waals surface area (Å²) < 4.78 is 20.5. The van der Waals surface area contributed by atoms with Crippen LogP contribution in [0.15, 0.2) is 46.9 Å². The number of nitrogens with zero attached hydrogens (tertiary/aromatic N) is 6. The third-order valence-electron chi connectivity index (χ3n) is 14.2. The predicted octanol–water partition coefficient (Wildman–Crippen LogP) is 5.95. The number of carbonyl (C=O) groups is 4. The highest BCUT2D eigenvalue weighted by Gasteiger charge is 2.52. The lowest BCUT2D eigenvalue weighted by Crippen LogP contribution is -2.61. The minimum Gasteiger partial charge on any atom is -0.464 e. The van der Waals surface area contributed by atoms with Crippen LogP contribution >= 0.6 is 11.3 Å². The van der Waals surface area contributed by atoms with E-state index < -0.39 is 28.9 Å². The lowest BCUT2D eigenvalue weighted by Gasteiger charge is -2.41. The fourth-order valence-corrected chi connectivity index (χ4v) is 10.5. The van der Waals surface area contributed by atoms with Crippen molar-refractivity contribution in [2.45, 2.75) is 130 Å². The molecule has 3 amide bonds. The zero-order chi connectivity index (χ0) is 48.5. The Morgan fingerprint density at radius 2 is 1.94 bits per heavy atom. The molecule has 5 aliphatic rings. The molecule has 68 heavy (non-hydrogen) atoms. The van der Waals surface area contributed by atoms with Gasteiger partial charge < -0.3 is 29.0 Å². The summed E-state index contributed by atoms with van der Waals surface area (Å²) >= 11 is 1.44. The van der Waals surface area contributed by atoms with Crippen molar-refractivity contribution >= 4 is 57.7 Å². The summed E-state index contributed by atoms with van der Waals surface area (Å²) in [6.07, 6.45) is 7.29. The van der Waals surface area contributed by atoms with E-state index in [0.29, 0.717) is 63.3 Å². The number of methoxy groups -OCH3 is 1. The molecule has 1 aliphatic carbocycles. The Bertz CT molecular complexity index is 2570. The van der Waals surface area contributed by atoms with Crippen LogP contribution in [0, 0.1) is 22.7 Å². The van der Waals surface area contributed by atoms with Crippen molar-refractivity contribution in [1.29, 1.82) is 0 Å². The Labute approximate surface area is 404 Å². The SMILES string of the molecule is C=C/C(=C(\N=C/C)[C@H](C)OC)c1c2c3cc(ccc3n1CC)-c1csc(n1)C[C@H](NC(=O)C1(COC3CN(C(=O)C#CC(C)(C)N4CCC4)C3)CC1)C(=O)N1CCC[C@H](N1)C(=O)OCC(C)(C)C2. The van der Waals surface area contributed by atoms with Gasteiger partial charge in [0.2, 0.25) is 5.91 Å². The summed E-state index contributed by atoms with van der Waals surface area (Å²) in [5, 5.41) is 8.30. The standard InChI is InChI=1S/C52H68N8O7S/c1-10-36(45(53-11-2)33(4)65-9)46-38-27-50(5,6)31-67-48(63)39-15-13-24-60(56-39)47(62)40(26-43-54-41(30-68-43)34-16-17-42(37(38)25-34)59(46)12-3)55-49(64)52(20-21-52)32-66-35-28-57(29-35)44(61)18-19-51(7,8)58-22-14-23-58/h10-11,16-17,25,30,33,35,39-40,56H,1,12-15,20-24,26-29,31-32H2,2-9H3,(H,55,64)/b45-36+,53-11-/t33-,39-,40-/m0/s1. The fraction of sp³-hybridized carbons (Fsp3) is 0.577. The minimum atomic E-state index is -0.969. The summed E-state index contributed by atoms with van der Waals surface area (Å²) in [6.45, 7) is 22.7. The van der Waals surface area contributed by atoms with E-state index in [2.05, 4.69) is 77.6 Å². The number of thiazole rings is 1. The summed E-state index contributed by atoms with van der Waals surface area (Å²) in [5.74, 6) is 4.72. The van der Waals surface area contributed by atoms with Gasteiger partial charge in [-0.15, -0.1) is 11.3 Å². The number of aliphatic imine (C=N–C) groups is 1. The van der Waals surface area contributed by atoms with Gasteiger partial charge in [-0.2, -0.15) is 0 Å². The summed E-state index contributed by atoms with van der Waals surface area (Å²) in [7, 11) is 1.67. The average molecular weight is 949 g/mol. The third kappa shape index (κ3) is 10.2. The maximum atomic E-state index is 14.6. The van der Waals surface area contributed by atoms with Crippen LogP contribution in [0.3, 0.4) is 0 Å². The van der Waals surface area contributed by atoms with E-state index in [9.17, 15) is 19.2 Å². The number of allylic oxidation sites excluding steroid dienone is 2. The quantitative estimate of drug-likeness (QED) is 0.0962. The first-order chi connectivity index (χ1) is 32.5. The van der Waals surface area contributed by atoms with Gasteiger partial charge in [0.25, 0.3) is 11.8 Å². The second kappa shape index (κ2) is 20.0. The zero-order valence-electron chi connectivity index (χ0n) is 41.0. The Kier molecular flexibility index (Phi) is 14.5. The van der Waals surface area contributed by atoms with Gasteiger partial charge in [0.15, 0.2) is 0 Å². The Hall–Kier alpha value is -5.18. The van der Waals surface area contributed by atoms with Crippen LogP contribution in [0.1, 0.15) is 96.8 Å². The molecule has 4 fully saturated rings. The summed E-state index contributed by atoms with van der Waals surface area (Å²) in [5.41, 5.74) is 7.93. The van der Waals surface area contributed by atoms with E-state index in [1.54, 1.807) is 18.2 Å². The number of aromatic nitrogens is 2. The largest absolute Gasteiger partial charge is 0.464 e. The number of nitrogens with one attached hydrogen (secondary N) is 2. The first-order valence-corrected chi connectivity index (χ1v) is 25.1. The highest BCUT2D eigenvalue weighted by molar-refractivity contribution is 7.10. The molecule has 0 unspecified atom stereocenters. The highest BCUT2D eigenvalue weighted by Crippen LogP contribution is 2.47. The lowest BCUT2D eigenvalue weighted by atomic mass is 9.84. The van der Waals surface area contributed by atoms with Crippen LogP contribution in [-0.4, -0.2) is 137 Å². The maximum absolute atomic E-state index is 14.6. The predicted molar refractivity (Wildman–Crippen MR) is 264 cm³/mol. The molecular weight excluding hydrogens is 881 g/mol. The number of ether oxygens (including phenoxy) is 3. The van der Waals surface area contributed by atoms with Crippen molar-refractivity contribution in [2.75, 3.05) is 53.0 Å². The molecule has 0 radical (unpaired) electrons. The number of cyclic esters (lactones) is 1. The number of benzene rings is 1. The van der Waals surface area contributed by atoms with Crippen molar-refractivity contribution in [3.8, 4) is 23.1 Å². The van der Waals surface area contributed by atoms with E-state index in [-0.39, 0.29) is 55.1 Å². The minimum absolute atomic E-state index is 0.135. The third-order valence-corrected chi connectivity index (χ3v) is 15.1. The number of carbonyl (C=O) groups excluding carboxylic acids is 4. The lowest BCUT2D eigenvalue weighted by molar-refractivity contribution is -0.155. The number of fused-ring (bicyclic) bond motifs is 6. The molecule has 2 N–H and O–H groups in total. The number of hydrogen-bond donors (Lipinski definition) is 2. The van der Waals surface area contributed by atoms with Gasteiger partial charge in [-0.25, -0.2) is 10.4 Å². The van der Waals surface area contributed by atoms with Gasteiger partial charge in [0.1, 0.15) is 12.1 Å². The second-order valence-corrected chi connectivity index (χ2v) is 21.2. The van der Waals surface area contributed by atoms with Crippen LogP contribution in [0.4, 0.5) is 0 Å². The average Bonchev–Trinajstić information content (AvgIpc) is 3.84. The maximum Gasteiger partial charge on any atom is 0.324 e. The molecule has 4 aliphatic heterocycles. The Balaban J connectivity index is 1.06. The van der Waals surface area contributed by atoms with E-state index >= 15 is 0 Å². The van der Waals surface area contributed by atoms with E-state index in [0.717, 1.165) is 64.2 Å². The number of esters is 1. The highest BCUT2D eigenvalue weighted by atomic mass is 32.1. The number of likely N-dealkylation sites (tertiary alicyclic amines) is 2. The molecule has 3 atom stereocenters. The monoisotopic (exact) mass is 948 g/mol. The number of aryl methyl sites for hydroxylation is 1. The van der Waals surface area contributed by atoms with Crippen LogP contribution in [0.25, 0.3) is 27.7 Å². The molecule has 364 valence electrons. The number of hydrazine groups is 1. The number of hydrogen-bond acceptors (Lipinski definition) is 12. The van der Waals surface area contributed by atoms with Crippen molar-refractivity contribution in [2.24, 2.45) is 15.8 Å². The van der Waals surface area contributed by atoms with Crippen LogP contribution in [-0.2, 0) is 52.8 Å². The van der Waals surface area contributed by atoms with Gasteiger partial charge in [-0.3, -0.25) is 34.1 Å². The topological polar surface area (TPSA) is 160 Å². The first-order valence-electron chi connectivity index (χ1n) is 24.2. The molecule has 6 bridgehead atoms. The van der Waals surface area contributed by atoms with Crippen molar-refractivity contribution < 1.29 is 33.4 Å². The molecule has 2 aromatic heterocycles. The number of rotatable bonds is 12. The van der Waals surface area contributed by atoms with Crippen molar-refractivity contribution in [1.82, 2.24) is 35.1 Å². The van der Waals surface area contributed by atoms with Crippen LogP contribution in [0.2, 0.25) is 0 Å². The normalized spacial score (nSPS) is 22.8. The van der Waals surface area contributed by atoms with Crippen LogP contribution in [0.5, 0.6) is 0 Å². The Morgan fingerprint density at radius 1 is 1.18 bits per heavy atom. The first kappa shape index (κ1) is 49.2.